The summed E-state index contributed by atoms with van der Waals surface area (Å²) < 4.78 is 20.4. The Morgan fingerprint density at radius 2 is 2.07 bits per heavy atom. The van der Waals surface area contributed by atoms with Gasteiger partial charge in [-0.3, -0.25) is 4.79 Å². The number of carbonyl (C=O) groups is 1. The number of aromatic nitrogens is 4. The lowest BCUT2D eigenvalue weighted by atomic mass is 10.1. The van der Waals surface area contributed by atoms with Gasteiger partial charge in [-0.25, -0.2) is 4.39 Å². The summed E-state index contributed by atoms with van der Waals surface area (Å²) >= 11 is 0. The maximum Gasteiger partial charge on any atom is 0.273 e. The molecule has 2 aromatic heterocycles. The Kier molecular flexibility index (Phi) is 4.47. The molecular formula is C19H20FN5O2. The number of hydrogen-bond donors (Lipinski definition) is 1. The van der Waals surface area contributed by atoms with Gasteiger partial charge in [0.25, 0.3) is 5.91 Å². The van der Waals surface area contributed by atoms with Crippen molar-refractivity contribution in [2.45, 2.75) is 45.2 Å². The van der Waals surface area contributed by atoms with Gasteiger partial charge in [-0.15, -0.1) is 10.2 Å². The van der Waals surface area contributed by atoms with Crippen molar-refractivity contribution in [1.29, 1.82) is 0 Å². The molecule has 1 atom stereocenters. The van der Waals surface area contributed by atoms with Crippen LogP contribution in [0.3, 0.4) is 0 Å². The average Bonchev–Trinajstić information content (AvgIpc) is 3.29. The second kappa shape index (κ2) is 6.94. The lowest BCUT2D eigenvalue weighted by Crippen LogP contribution is -2.41. The van der Waals surface area contributed by atoms with E-state index in [2.05, 4.69) is 39.1 Å². The Morgan fingerprint density at radius 1 is 1.30 bits per heavy atom. The Hall–Kier alpha value is -3.03. The van der Waals surface area contributed by atoms with Gasteiger partial charge in [-0.2, -0.15) is 0 Å². The predicted molar refractivity (Wildman–Crippen MR) is 95.6 cm³/mol. The SMILES string of the molecule is CC(C)c1nnc2n1C[C@H](NC(=O)c1cc(-c3ccc(F)cc3)on1)CC2. The molecule has 1 aliphatic heterocycles. The van der Waals surface area contributed by atoms with E-state index in [1.807, 2.05) is 0 Å². The zero-order valence-electron chi connectivity index (χ0n) is 15.1. The molecule has 0 unspecified atom stereocenters. The number of rotatable bonds is 4. The van der Waals surface area contributed by atoms with E-state index >= 15 is 0 Å². The van der Waals surface area contributed by atoms with Gasteiger partial charge in [0.15, 0.2) is 11.5 Å². The maximum atomic E-state index is 13.0. The first-order valence-electron chi connectivity index (χ1n) is 8.96. The molecule has 3 heterocycles. The van der Waals surface area contributed by atoms with Crippen LogP contribution in [0.15, 0.2) is 34.9 Å². The van der Waals surface area contributed by atoms with E-state index in [9.17, 15) is 9.18 Å². The second-order valence-electron chi connectivity index (χ2n) is 7.03. The first-order valence-corrected chi connectivity index (χ1v) is 8.96. The fourth-order valence-corrected chi connectivity index (χ4v) is 3.28. The summed E-state index contributed by atoms with van der Waals surface area (Å²) in [5, 5.41) is 15.4. The molecule has 0 aliphatic carbocycles. The van der Waals surface area contributed by atoms with Crippen LogP contribution in [0.2, 0.25) is 0 Å². The van der Waals surface area contributed by atoms with Crippen LogP contribution >= 0.6 is 0 Å². The molecule has 27 heavy (non-hydrogen) atoms. The van der Waals surface area contributed by atoms with Crippen LogP contribution in [0.1, 0.15) is 48.3 Å². The zero-order valence-corrected chi connectivity index (χ0v) is 15.1. The van der Waals surface area contributed by atoms with Crippen molar-refractivity contribution < 1.29 is 13.7 Å². The molecule has 3 aromatic rings. The largest absolute Gasteiger partial charge is 0.355 e. The molecule has 4 rings (SSSR count). The van der Waals surface area contributed by atoms with E-state index in [0.29, 0.717) is 17.9 Å². The molecule has 1 amide bonds. The van der Waals surface area contributed by atoms with E-state index in [1.54, 1.807) is 18.2 Å². The summed E-state index contributed by atoms with van der Waals surface area (Å²) in [6, 6.07) is 7.38. The summed E-state index contributed by atoms with van der Waals surface area (Å²) in [6.07, 6.45) is 1.56. The highest BCUT2D eigenvalue weighted by molar-refractivity contribution is 5.93. The Labute approximate surface area is 155 Å². The third-order valence-corrected chi connectivity index (χ3v) is 4.70. The molecule has 1 N–H and O–H groups in total. The second-order valence-corrected chi connectivity index (χ2v) is 7.03. The number of hydrogen-bond acceptors (Lipinski definition) is 5. The molecule has 1 aliphatic rings. The number of benzene rings is 1. The highest BCUT2D eigenvalue weighted by Crippen LogP contribution is 2.22. The van der Waals surface area contributed by atoms with E-state index in [4.69, 9.17) is 4.52 Å². The minimum atomic E-state index is -0.331. The van der Waals surface area contributed by atoms with Crippen LogP contribution < -0.4 is 5.32 Å². The van der Waals surface area contributed by atoms with E-state index in [0.717, 1.165) is 24.5 Å². The number of halogens is 1. The summed E-state index contributed by atoms with van der Waals surface area (Å²) in [7, 11) is 0. The molecule has 1 aromatic carbocycles. The number of amides is 1. The molecule has 0 radical (unpaired) electrons. The molecule has 0 saturated carbocycles. The summed E-state index contributed by atoms with van der Waals surface area (Å²) in [6.45, 7) is 4.79. The van der Waals surface area contributed by atoms with Gasteiger partial charge >= 0.3 is 0 Å². The molecule has 8 heteroatoms. The van der Waals surface area contributed by atoms with Gasteiger partial charge in [0.2, 0.25) is 0 Å². The van der Waals surface area contributed by atoms with Crippen LogP contribution in [0.5, 0.6) is 0 Å². The smallest absolute Gasteiger partial charge is 0.273 e. The van der Waals surface area contributed by atoms with Gasteiger partial charge in [-0.05, 0) is 30.7 Å². The maximum absolute atomic E-state index is 13.0. The van der Waals surface area contributed by atoms with Crippen LogP contribution in [0.25, 0.3) is 11.3 Å². The predicted octanol–water partition coefficient (Wildman–Crippen LogP) is 2.94. The number of nitrogens with one attached hydrogen (secondary N) is 1. The van der Waals surface area contributed by atoms with E-state index in [1.165, 1.54) is 12.1 Å². The number of carbonyl (C=O) groups excluding carboxylic acids is 1. The zero-order chi connectivity index (χ0) is 19.0. The first kappa shape index (κ1) is 17.4. The molecular weight excluding hydrogens is 349 g/mol. The molecule has 0 spiro atoms. The van der Waals surface area contributed by atoms with E-state index < -0.39 is 0 Å². The Balaban J connectivity index is 1.45. The highest BCUT2D eigenvalue weighted by Gasteiger charge is 2.26. The normalized spacial score (nSPS) is 16.4. The topological polar surface area (TPSA) is 85.8 Å². The number of fused-ring (bicyclic) bond motifs is 1. The third-order valence-electron chi connectivity index (χ3n) is 4.70. The van der Waals surface area contributed by atoms with Crippen molar-refractivity contribution in [3.05, 3.63) is 53.5 Å². The lowest BCUT2D eigenvalue weighted by Gasteiger charge is -2.25. The fourth-order valence-electron chi connectivity index (χ4n) is 3.28. The lowest BCUT2D eigenvalue weighted by molar-refractivity contribution is 0.0918. The van der Waals surface area contributed by atoms with Crippen molar-refractivity contribution in [3.63, 3.8) is 0 Å². The minimum Gasteiger partial charge on any atom is -0.355 e. The number of aryl methyl sites for hydroxylation is 1. The van der Waals surface area contributed by atoms with Crippen molar-refractivity contribution >= 4 is 5.91 Å². The number of nitrogens with zero attached hydrogens (tertiary/aromatic N) is 4. The molecule has 0 fully saturated rings. The monoisotopic (exact) mass is 369 g/mol. The highest BCUT2D eigenvalue weighted by atomic mass is 19.1. The molecule has 140 valence electrons. The summed E-state index contributed by atoms with van der Waals surface area (Å²) in [5.41, 5.74) is 0.865. The van der Waals surface area contributed by atoms with Crippen molar-refractivity contribution in [2.24, 2.45) is 0 Å². The van der Waals surface area contributed by atoms with Crippen LogP contribution in [-0.4, -0.2) is 31.9 Å². The molecule has 0 bridgehead atoms. The van der Waals surface area contributed by atoms with Gasteiger partial charge in [0.05, 0.1) is 0 Å². The van der Waals surface area contributed by atoms with Crippen molar-refractivity contribution in [1.82, 2.24) is 25.2 Å². The van der Waals surface area contributed by atoms with Crippen molar-refractivity contribution in [2.75, 3.05) is 0 Å². The van der Waals surface area contributed by atoms with Gasteiger partial charge in [-0.1, -0.05) is 19.0 Å². The van der Waals surface area contributed by atoms with Crippen LogP contribution in [0.4, 0.5) is 4.39 Å². The van der Waals surface area contributed by atoms with Gasteiger partial charge < -0.3 is 14.4 Å². The van der Waals surface area contributed by atoms with Gasteiger partial charge in [0.1, 0.15) is 17.5 Å². The average molecular weight is 369 g/mol. The third kappa shape index (κ3) is 3.47. The standard InChI is InChI=1S/C19H20FN5O2/c1-11(2)18-23-22-17-8-7-14(10-25(17)18)21-19(26)15-9-16(27-24-15)12-3-5-13(20)6-4-12/h3-6,9,11,14H,7-8,10H2,1-2H3,(H,21,26)/t14-/m1/s1. The fraction of sp³-hybridized carbons (Fsp3) is 0.368. The minimum absolute atomic E-state index is 0.0236. The van der Waals surface area contributed by atoms with Gasteiger partial charge in [0, 0.05) is 36.6 Å². The Bertz CT molecular complexity index is 961. The quantitative estimate of drug-likeness (QED) is 0.764. The Morgan fingerprint density at radius 3 is 2.81 bits per heavy atom. The molecule has 0 saturated heterocycles. The first-order chi connectivity index (χ1) is 13.0. The van der Waals surface area contributed by atoms with E-state index in [-0.39, 0.29) is 29.4 Å². The summed E-state index contributed by atoms with van der Waals surface area (Å²) in [4.78, 5) is 12.5. The van der Waals surface area contributed by atoms with Crippen molar-refractivity contribution in [3.8, 4) is 11.3 Å². The van der Waals surface area contributed by atoms with Crippen LogP contribution in [0, 0.1) is 5.82 Å². The molecule has 7 nitrogen and oxygen atoms in total. The summed E-state index contributed by atoms with van der Waals surface area (Å²) in [5.74, 6) is 1.97. The van der Waals surface area contributed by atoms with Crippen LogP contribution in [-0.2, 0) is 13.0 Å².